The lowest BCUT2D eigenvalue weighted by Crippen LogP contribution is -2.46. The van der Waals surface area contributed by atoms with Crippen LogP contribution >= 0.6 is 23.2 Å². The lowest BCUT2D eigenvalue weighted by molar-refractivity contribution is -0.124. The number of hydrogen-bond acceptors (Lipinski definition) is 5. The van der Waals surface area contributed by atoms with Gasteiger partial charge in [-0.05, 0) is 30.4 Å². The van der Waals surface area contributed by atoms with Gasteiger partial charge in [0.25, 0.3) is 0 Å². The van der Waals surface area contributed by atoms with Crippen LogP contribution in [-0.2, 0) is 10.2 Å². The minimum absolute atomic E-state index is 0.00181. The number of carbonyl (C=O) groups excluding carboxylic acids is 1. The number of nitriles is 2. The van der Waals surface area contributed by atoms with Crippen LogP contribution in [0.25, 0.3) is 0 Å². The third kappa shape index (κ3) is 2.22. The molecule has 4 rings (SSSR count). The van der Waals surface area contributed by atoms with Gasteiger partial charge in [-0.25, -0.2) is 9.97 Å². The highest BCUT2D eigenvalue weighted by molar-refractivity contribution is 6.44. The molecule has 2 bridgehead atoms. The molecule has 1 amide bonds. The van der Waals surface area contributed by atoms with Crippen molar-refractivity contribution in [2.75, 3.05) is 5.32 Å². The molecule has 0 radical (unpaired) electrons. The lowest BCUT2D eigenvalue weighted by Gasteiger charge is -2.36. The fourth-order valence-corrected chi connectivity index (χ4v) is 5.10. The number of carbonyl (C=O) groups is 1. The average molecular weight is 412 g/mol. The number of halogens is 2. The van der Waals surface area contributed by atoms with Crippen molar-refractivity contribution >= 4 is 34.8 Å². The number of hydrogen-bond donors (Lipinski definition) is 1. The van der Waals surface area contributed by atoms with Crippen molar-refractivity contribution in [3.05, 3.63) is 51.0 Å². The highest BCUT2D eigenvalue weighted by atomic mass is 35.5. The first-order valence-electron chi connectivity index (χ1n) is 8.76. The molecule has 2 unspecified atom stereocenters. The second-order valence-electron chi connectivity index (χ2n) is 7.65. The first-order valence-corrected chi connectivity index (χ1v) is 9.51. The molecule has 0 saturated heterocycles. The normalized spacial score (nSPS) is 23.6. The van der Waals surface area contributed by atoms with Gasteiger partial charge in [-0.3, -0.25) is 4.79 Å². The molecule has 0 spiro atoms. The van der Waals surface area contributed by atoms with Crippen molar-refractivity contribution in [3.63, 3.8) is 0 Å². The van der Waals surface area contributed by atoms with Crippen LogP contribution in [0.3, 0.4) is 0 Å². The predicted octanol–water partition coefficient (Wildman–Crippen LogP) is 4.32. The number of amides is 1. The molecule has 2 aromatic rings. The molecule has 2 atom stereocenters. The Hall–Kier alpha value is -2.67. The molecule has 6 nitrogen and oxygen atoms in total. The number of aromatic nitrogens is 2. The molecule has 1 fully saturated rings. The Balaban J connectivity index is 1.87. The number of benzene rings is 1. The van der Waals surface area contributed by atoms with E-state index in [9.17, 15) is 15.3 Å². The van der Waals surface area contributed by atoms with Crippen LogP contribution in [0.15, 0.2) is 18.2 Å². The van der Waals surface area contributed by atoms with Crippen molar-refractivity contribution in [2.45, 2.75) is 38.0 Å². The van der Waals surface area contributed by atoms with Crippen LogP contribution in [0, 0.1) is 28.1 Å². The van der Waals surface area contributed by atoms with Crippen molar-refractivity contribution in [3.8, 4) is 12.1 Å². The zero-order chi connectivity index (χ0) is 20.3. The monoisotopic (exact) mass is 411 g/mol. The van der Waals surface area contributed by atoms with E-state index in [4.69, 9.17) is 23.2 Å². The Kier molecular flexibility index (Phi) is 4.12. The van der Waals surface area contributed by atoms with Crippen LogP contribution in [0.2, 0.25) is 10.0 Å². The maximum absolute atomic E-state index is 13.6. The zero-order valence-electron chi connectivity index (χ0n) is 15.2. The summed E-state index contributed by atoms with van der Waals surface area (Å²) >= 11 is 12.3. The Labute approximate surface area is 172 Å². The first kappa shape index (κ1) is 18.7. The topological polar surface area (TPSA) is 102 Å². The average Bonchev–Trinajstić information content (AvgIpc) is 3.05. The van der Waals surface area contributed by atoms with Gasteiger partial charge >= 0.3 is 0 Å². The van der Waals surface area contributed by atoms with E-state index in [-0.39, 0.29) is 28.2 Å². The molecule has 0 aliphatic heterocycles. The Morgan fingerprint density at radius 3 is 2.57 bits per heavy atom. The van der Waals surface area contributed by atoms with E-state index in [0.29, 0.717) is 28.5 Å². The molecular formula is C20H15Cl2N5O. The second kappa shape index (κ2) is 6.17. The van der Waals surface area contributed by atoms with Crippen LogP contribution < -0.4 is 5.32 Å². The molecule has 2 aliphatic carbocycles. The van der Waals surface area contributed by atoms with Crippen molar-refractivity contribution in [1.82, 2.24) is 9.97 Å². The summed E-state index contributed by atoms with van der Waals surface area (Å²) in [4.78, 5) is 22.4. The second-order valence-corrected chi connectivity index (χ2v) is 8.44. The van der Waals surface area contributed by atoms with E-state index in [2.05, 4.69) is 15.3 Å². The molecule has 8 heteroatoms. The molecule has 1 saturated carbocycles. The van der Waals surface area contributed by atoms with Crippen LogP contribution in [0.4, 0.5) is 5.69 Å². The largest absolute Gasteiger partial charge is 0.324 e. The summed E-state index contributed by atoms with van der Waals surface area (Å²) in [6.07, 6.45) is 1.33. The third-order valence-corrected chi connectivity index (χ3v) is 7.05. The number of nitrogens with one attached hydrogen (secondary N) is 1. The molecule has 2 aliphatic rings. The highest BCUT2D eigenvalue weighted by Crippen LogP contribution is 2.67. The van der Waals surface area contributed by atoms with Gasteiger partial charge in [0.15, 0.2) is 11.4 Å². The van der Waals surface area contributed by atoms with Crippen molar-refractivity contribution in [1.29, 1.82) is 10.5 Å². The molecular weight excluding hydrogens is 397 g/mol. The van der Waals surface area contributed by atoms with Crippen molar-refractivity contribution in [2.24, 2.45) is 5.41 Å². The highest BCUT2D eigenvalue weighted by Gasteiger charge is 2.68. The van der Waals surface area contributed by atoms with Crippen molar-refractivity contribution < 1.29 is 4.79 Å². The summed E-state index contributed by atoms with van der Waals surface area (Å²) in [6, 6.07) is 8.89. The number of anilines is 1. The number of rotatable bonds is 2. The standard InChI is InChI=1S/C20H15Cl2N5O/c1-19(2)10-6-7-20(19,17-16(10)25-13(8-23)14(9-24)26-17)18(28)27-12-5-3-4-11(21)15(12)22/h3-5,10H,6-7H2,1-2H3,(H,27,28). The molecule has 1 aromatic heterocycles. The van der Waals surface area contributed by atoms with E-state index in [1.165, 1.54) is 0 Å². The Morgan fingerprint density at radius 2 is 1.89 bits per heavy atom. The molecule has 1 aromatic carbocycles. The minimum Gasteiger partial charge on any atom is -0.324 e. The van der Waals surface area contributed by atoms with Gasteiger partial charge in [0.2, 0.25) is 5.91 Å². The smallest absolute Gasteiger partial charge is 0.237 e. The third-order valence-electron chi connectivity index (χ3n) is 6.24. The van der Waals surface area contributed by atoms with E-state index in [1.54, 1.807) is 18.2 Å². The van der Waals surface area contributed by atoms with Crippen LogP contribution in [-0.4, -0.2) is 15.9 Å². The molecule has 28 heavy (non-hydrogen) atoms. The summed E-state index contributed by atoms with van der Waals surface area (Å²) in [7, 11) is 0. The van der Waals surface area contributed by atoms with Gasteiger partial charge in [0, 0.05) is 5.92 Å². The Morgan fingerprint density at radius 1 is 1.21 bits per heavy atom. The fraction of sp³-hybridized carbons (Fsp3) is 0.350. The fourth-order valence-electron chi connectivity index (χ4n) is 4.75. The van der Waals surface area contributed by atoms with E-state index in [0.717, 1.165) is 6.42 Å². The minimum atomic E-state index is -0.967. The maximum atomic E-state index is 13.6. The van der Waals surface area contributed by atoms with Gasteiger partial charge in [0.1, 0.15) is 12.1 Å². The molecule has 1 N–H and O–H groups in total. The van der Waals surface area contributed by atoms with Gasteiger partial charge in [-0.2, -0.15) is 10.5 Å². The van der Waals surface area contributed by atoms with Crippen LogP contribution in [0.1, 0.15) is 55.4 Å². The summed E-state index contributed by atoms with van der Waals surface area (Å²) in [6.45, 7) is 4.01. The van der Waals surface area contributed by atoms with E-state index < -0.39 is 10.8 Å². The zero-order valence-corrected chi connectivity index (χ0v) is 16.7. The Bertz CT molecular complexity index is 1110. The number of nitrogens with zero attached hydrogens (tertiary/aromatic N) is 4. The van der Waals surface area contributed by atoms with Gasteiger partial charge in [0.05, 0.1) is 32.5 Å². The van der Waals surface area contributed by atoms with E-state index >= 15 is 0 Å². The summed E-state index contributed by atoms with van der Waals surface area (Å²) in [5.41, 5.74) is 0.0364. The molecule has 1 heterocycles. The molecule has 140 valence electrons. The quantitative estimate of drug-likeness (QED) is 0.792. The summed E-state index contributed by atoms with van der Waals surface area (Å²) in [5, 5.41) is 22.2. The maximum Gasteiger partial charge on any atom is 0.237 e. The lowest BCUT2D eigenvalue weighted by atomic mass is 9.67. The summed E-state index contributed by atoms with van der Waals surface area (Å²) in [5.74, 6) is -0.277. The first-order chi connectivity index (χ1) is 13.3. The summed E-state index contributed by atoms with van der Waals surface area (Å²) < 4.78 is 0. The predicted molar refractivity (Wildman–Crippen MR) is 104 cm³/mol. The van der Waals surface area contributed by atoms with Gasteiger partial charge in [-0.15, -0.1) is 0 Å². The van der Waals surface area contributed by atoms with Gasteiger partial charge in [-0.1, -0.05) is 43.1 Å². The van der Waals surface area contributed by atoms with Gasteiger partial charge < -0.3 is 5.32 Å². The van der Waals surface area contributed by atoms with Crippen LogP contribution in [0.5, 0.6) is 0 Å². The number of fused-ring (bicyclic) bond motifs is 5. The van der Waals surface area contributed by atoms with E-state index in [1.807, 2.05) is 26.0 Å². The SMILES string of the molecule is CC1(C)C2CCC1(C(=O)Nc1cccc(Cl)c1Cl)c1nc(C#N)c(C#N)nc12.